The molecule has 0 bridgehead atoms. The Balaban J connectivity index is 1.94. The Hall–Kier alpha value is -1.26. The van der Waals surface area contributed by atoms with Crippen molar-refractivity contribution in [2.24, 2.45) is 0 Å². The minimum Gasteiger partial charge on any atom is -0.479 e. The lowest BCUT2D eigenvalue weighted by molar-refractivity contribution is -0.139. The van der Waals surface area contributed by atoms with Gasteiger partial charge in [0.2, 0.25) is 0 Å². The van der Waals surface area contributed by atoms with Crippen LogP contribution in [0.15, 0.2) is 24.3 Å². The van der Waals surface area contributed by atoms with Crippen LogP contribution in [0.2, 0.25) is 5.02 Å². The van der Waals surface area contributed by atoms with Crippen molar-refractivity contribution in [3.63, 3.8) is 0 Å². The van der Waals surface area contributed by atoms with Gasteiger partial charge in [-0.15, -0.1) is 0 Å². The van der Waals surface area contributed by atoms with E-state index in [2.05, 4.69) is 0 Å². The molecule has 0 saturated carbocycles. The van der Waals surface area contributed by atoms with Crippen molar-refractivity contribution >= 4 is 17.5 Å². The summed E-state index contributed by atoms with van der Waals surface area (Å²) in [5, 5.41) is 9.93. The lowest BCUT2D eigenvalue weighted by Crippen LogP contribution is -2.45. The highest BCUT2D eigenvalue weighted by atomic mass is 35.5. The number of likely N-dealkylation sites (tertiary alicyclic amines) is 1. The molecule has 1 saturated heterocycles. The number of amides is 1. The van der Waals surface area contributed by atoms with Gasteiger partial charge in [-0.2, -0.15) is 0 Å². The maximum absolute atomic E-state index is 12.2. The number of carbonyl (C=O) groups is 1. The highest BCUT2D eigenvalue weighted by molar-refractivity contribution is 6.32. The number of ether oxygens (including phenoxy) is 1. The molecule has 1 atom stereocenters. The summed E-state index contributed by atoms with van der Waals surface area (Å²) in [7, 11) is 0. The summed E-state index contributed by atoms with van der Waals surface area (Å²) < 4.78 is 5.60. The second-order valence-electron chi connectivity index (χ2n) is 4.75. The first-order chi connectivity index (χ1) is 9.08. The first-order valence-electron chi connectivity index (χ1n) is 6.46. The van der Waals surface area contributed by atoms with Crippen molar-refractivity contribution in [1.82, 2.24) is 4.90 Å². The van der Waals surface area contributed by atoms with Crippen LogP contribution >= 0.6 is 11.6 Å². The van der Waals surface area contributed by atoms with Gasteiger partial charge in [0.15, 0.2) is 6.10 Å². The Morgan fingerprint density at radius 3 is 2.68 bits per heavy atom. The van der Waals surface area contributed by atoms with Gasteiger partial charge in [0.1, 0.15) is 5.75 Å². The highest BCUT2D eigenvalue weighted by Gasteiger charge is 2.26. The molecule has 19 heavy (non-hydrogen) atoms. The number of benzene rings is 1. The van der Waals surface area contributed by atoms with Crippen molar-refractivity contribution in [3.8, 4) is 5.75 Å². The van der Waals surface area contributed by atoms with Crippen LogP contribution < -0.4 is 4.74 Å². The molecule has 104 valence electrons. The zero-order valence-corrected chi connectivity index (χ0v) is 11.6. The number of aliphatic hydroxyl groups excluding tert-OH is 1. The maximum atomic E-state index is 12.2. The summed E-state index contributed by atoms with van der Waals surface area (Å²) in [6, 6.07) is 7.10. The van der Waals surface area contributed by atoms with E-state index in [1.807, 2.05) is 12.1 Å². The number of carbonyl (C=O) groups excluding carboxylic acids is 1. The molecule has 1 amide bonds. The quantitative estimate of drug-likeness (QED) is 0.924. The van der Waals surface area contributed by atoms with Crippen LogP contribution in [0.25, 0.3) is 0 Å². The molecule has 0 aliphatic carbocycles. The van der Waals surface area contributed by atoms with Crippen LogP contribution in [0.3, 0.4) is 0 Å². The third-order valence-electron chi connectivity index (χ3n) is 3.26. The van der Waals surface area contributed by atoms with Crippen LogP contribution in [-0.2, 0) is 4.79 Å². The summed E-state index contributed by atoms with van der Waals surface area (Å²) in [6.07, 6.45) is 0.397. The molecular weight excluding hydrogens is 266 g/mol. The zero-order valence-electron chi connectivity index (χ0n) is 10.9. The fraction of sp³-hybridized carbons (Fsp3) is 0.500. The van der Waals surface area contributed by atoms with Gasteiger partial charge in [-0.05, 0) is 31.9 Å². The summed E-state index contributed by atoms with van der Waals surface area (Å²) >= 11 is 5.99. The number of rotatable bonds is 3. The number of hydrogen-bond donors (Lipinski definition) is 1. The van der Waals surface area contributed by atoms with Crippen LogP contribution in [0.5, 0.6) is 5.75 Å². The molecular formula is C14H18ClNO3. The zero-order chi connectivity index (χ0) is 13.8. The Kier molecular flexibility index (Phi) is 4.66. The van der Waals surface area contributed by atoms with E-state index in [0.717, 1.165) is 0 Å². The van der Waals surface area contributed by atoms with Crippen molar-refractivity contribution in [2.75, 3.05) is 13.1 Å². The Bertz CT molecular complexity index is 444. The van der Waals surface area contributed by atoms with Crippen LogP contribution in [0.1, 0.15) is 19.8 Å². The third-order valence-corrected chi connectivity index (χ3v) is 3.58. The molecule has 1 heterocycles. The monoisotopic (exact) mass is 283 g/mol. The predicted octanol–water partition coefficient (Wildman–Crippen LogP) is 2.09. The summed E-state index contributed by atoms with van der Waals surface area (Å²) in [5.41, 5.74) is 0. The van der Waals surface area contributed by atoms with Gasteiger partial charge in [0.25, 0.3) is 5.91 Å². The average molecular weight is 284 g/mol. The van der Waals surface area contributed by atoms with E-state index in [-0.39, 0.29) is 12.0 Å². The van der Waals surface area contributed by atoms with Gasteiger partial charge in [0, 0.05) is 13.1 Å². The van der Waals surface area contributed by atoms with E-state index >= 15 is 0 Å². The molecule has 1 aromatic carbocycles. The van der Waals surface area contributed by atoms with Crippen LogP contribution in [-0.4, -0.2) is 41.2 Å². The molecule has 0 spiro atoms. The number of piperidine rings is 1. The average Bonchev–Trinajstić information content (AvgIpc) is 2.41. The first-order valence-corrected chi connectivity index (χ1v) is 6.84. The molecule has 1 N–H and O–H groups in total. The first kappa shape index (κ1) is 14.2. The molecule has 5 heteroatoms. The van der Waals surface area contributed by atoms with Crippen LogP contribution in [0.4, 0.5) is 0 Å². The molecule has 1 aromatic rings. The number of halogens is 1. The van der Waals surface area contributed by atoms with E-state index < -0.39 is 6.10 Å². The van der Waals surface area contributed by atoms with E-state index in [1.54, 1.807) is 24.0 Å². The van der Waals surface area contributed by atoms with Crippen molar-refractivity contribution in [1.29, 1.82) is 0 Å². The van der Waals surface area contributed by atoms with Crippen molar-refractivity contribution in [2.45, 2.75) is 32.0 Å². The van der Waals surface area contributed by atoms with Gasteiger partial charge >= 0.3 is 0 Å². The Labute approximate surface area is 117 Å². The van der Waals surface area contributed by atoms with Gasteiger partial charge in [-0.25, -0.2) is 0 Å². The van der Waals surface area contributed by atoms with Gasteiger partial charge in [-0.1, -0.05) is 23.7 Å². The smallest absolute Gasteiger partial charge is 0.263 e. The normalized spacial score (nSPS) is 18.2. The van der Waals surface area contributed by atoms with Crippen LogP contribution in [0, 0.1) is 0 Å². The minimum atomic E-state index is -0.574. The van der Waals surface area contributed by atoms with E-state index in [0.29, 0.717) is 36.7 Å². The van der Waals surface area contributed by atoms with Gasteiger partial charge < -0.3 is 14.7 Å². The molecule has 1 fully saturated rings. The van der Waals surface area contributed by atoms with E-state index in [1.165, 1.54) is 0 Å². The predicted molar refractivity (Wildman–Crippen MR) is 73.4 cm³/mol. The Morgan fingerprint density at radius 1 is 1.42 bits per heavy atom. The van der Waals surface area contributed by atoms with Crippen molar-refractivity contribution in [3.05, 3.63) is 29.3 Å². The second kappa shape index (κ2) is 6.26. The summed E-state index contributed by atoms with van der Waals surface area (Å²) in [4.78, 5) is 13.9. The van der Waals surface area contributed by atoms with Gasteiger partial charge in [0.05, 0.1) is 11.1 Å². The Morgan fingerprint density at radius 2 is 2.05 bits per heavy atom. The molecule has 1 aliphatic heterocycles. The summed E-state index contributed by atoms with van der Waals surface area (Å²) in [5.74, 6) is 0.453. The molecule has 1 unspecified atom stereocenters. The van der Waals surface area contributed by atoms with E-state index in [4.69, 9.17) is 16.3 Å². The van der Waals surface area contributed by atoms with E-state index in [9.17, 15) is 9.90 Å². The SMILES string of the molecule is CC(Oc1ccccc1Cl)C(=O)N1CCC(O)CC1. The number of hydrogen-bond acceptors (Lipinski definition) is 3. The molecule has 0 radical (unpaired) electrons. The second-order valence-corrected chi connectivity index (χ2v) is 5.15. The van der Waals surface area contributed by atoms with Gasteiger partial charge in [-0.3, -0.25) is 4.79 Å². The summed E-state index contributed by atoms with van der Waals surface area (Å²) in [6.45, 7) is 2.88. The highest BCUT2D eigenvalue weighted by Crippen LogP contribution is 2.24. The fourth-order valence-corrected chi connectivity index (χ4v) is 2.30. The maximum Gasteiger partial charge on any atom is 0.263 e. The third kappa shape index (κ3) is 3.61. The molecule has 0 aromatic heterocycles. The minimum absolute atomic E-state index is 0.0631. The molecule has 2 rings (SSSR count). The lowest BCUT2D eigenvalue weighted by atomic mass is 10.1. The number of para-hydroxylation sites is 1. The standard InChI is InChI=1S/C14H18ClNO3/c1-10(19-13-5-3-2-4-12(13)15)14(18)16-8-6-11(17)7-9-16/h2-5,10-11,17H,6-9H2,1H3. The van der Waals surface area contributed by atoms with Crippen molar-refractivity contribution < 1.29 is 14.6 Å². The fourth-order valence-electron chi connectivity index (χ4n) is 2.12. The topological polar surface area (TPSA) is 49.8 Å². The lowest BCUT2D eigenvalue weighted by Gasteiger charge is -2.31. The molecule has 4 nitrogen and oxygen atoms in total. The number of aliphatic hydroxyl groups is 1. The number of nitrogens with zero attached hydrogens (tertiary/aromatic N) is 1. The molecule has 1 aliphatic rings. The largest absolute Gasteiger partial charge is 0.479 e.